The summed E-state index contributed by atoms with van der Waals surface area (Å²) < 4.78 is 2.16. The summed E-state index contributed by atoms with van der Waals surface area (Å²) in [6, 6.07) is 7.00. The lowest BCUT2D eigenvalue weighted by Crippen LogP contribution is -2.51. The van der Waals surface area contributed by atoms with Crippen molar-refractivity contribution in [3.8, 4) is 0 Å². The van der Waals surface area contributed by atoms with Crippen molar-refractivity contribution in [2.24, 2.45) is 5.92 Å². The topological polar surface area (TPSA) is 28.5 Å². The number of carbonyl (C=O) groups excluding carboxylic acids is 1. The molecule has 1 amide bonds. The van der Waals surface area contributed by atoms with E-state index in [9.17, 15) is 4.79 Å². The van der Waals surface area contributed by atoms with E-state index in [0.29, 0.717) is 18.4 Å². The van der Waals surface area contributed by atoms with Crippen LogP contribution in [-0.2, 0) is 4.79 Å². The highest BCUT2D eigenvalue weighted by Gasteiger charge is 2.34. The molecular formula is C22H31N3OS. The molecule has 5 heteroatoms. The van der Waals surface area contributed by atoms with Crippen molar-refractivity contribution in [2.45, 2.75) is 50.6 Å². The second-order valence-electron chi connectivity index (χ2n) is 8.18. The molecule has 4 heterocycles. The van der Waals surface area contributed by atoms with Crippen LogP contribution in [0, 0.1) is 5.92 Å². The van der Waals surface area contributed by atoms with Gasteiger partial charge in [0, 0.05) is 32.0 Å². The van der Waals surface area contributed by atoms with Crippen LogP contribution in [0.25, 0.3) is 0 Å². The molecule has 2 aromatic rings. The Morgan fingerprint density at radius 1 is 1.22 bits per heavy atom. The second kappa shape index (κ2) is 8.61. The molecule has 0 N–H and O–H groups in total. The number of piperidine rings is 2. The van der Waals surface area contributed by atoms with E-state index in [2.05, 4.69) is 38.7 Å². The first kappa shape index (κ1) is 18.8. The van der Waals surface area contributed by atoms with Gasteiger partial charge in [0.2, 0.25) is 5.91 Å². The van der Waals surface area contributed by atoms with Gasteiger partial charge in [-0.15, -0.1) is 0 Å². The van der Waals surface area contributed by atoms with Crippen LogP contribution in [0.2, 0.25) is 0 Å². The van der Waals surface area contributed by atoms with E-state index in [-0.39, 0.29) is 11.9 Å². The van der Waals surface area contributed by atoms with E-state index in [1.807, 2.05) is 24.1 Å². The minimum absolute atomic E-state index is 0.0961. The fraction of sp³-hybridized carbons (Fsp3) is 0.591. The molecule has 2 saturated heterocycles. The molecule has 0 bridgehead atoms. The highest BCUT2D eigenvalue weighted by atomic mass is 32.1. The number of fused-ring (bicyclic) bond motifs is 1. The molecular weight excluding hydrogens is 354 g/mol. The Morgan fingerprint density at radius 2 is 2.04 bits per heavy atom. The van der Waals surface area contributed by atoms with Crippen LogP contribution in [-0.4, -0.2) is 53.0 Å². The van der Waals surface area contributed by atoms with Gasteiger partial charge in [-0.1, -0.05) is 6.42 Å². The molecule has 0 spiro atoms. The summed E-state index contributed by atoms with van der Waals surface area (Å²) in [4.78, 5) is 17.8. The predicted octanol–water partition coefficient (Wildman–Crippen LogP) is 4.25. The molecule has 27 heavy (non-hydrogen) atoms. The third kappa shape index (κ3) is 4.30. The summed E-state index contributed by atoms with van der Waals surface area (Å²) in [6.07, 6.45) is 11.2. The highest BCUT2D eigenvalue weighted by Crippen LogP contribution is 2.32. The fourth-order valence-electron chi connectivity index (χ4n) is 4.98. The lowest BCUT2D eigenvalue weighted by molar-refractivity contribution is -0.131. The van der Waals surface area contributed by atoms with Gasteiger partial charge in [0.15, 0.2) is 0 Å². The van der Waals surface area contributed by atoms with Crippen LogP contribution < -0.4 is 0 Å². The van der Waals surface area contributed by atoms with Crippen molar-refractivity contribution in [1.29, 1.82) is 0 Å². The van der Waals surface area contributed by atoms with Crippen molar-refractivity contribution in [1.82, 2.24) is 14.4 Å². The van der Waals surface area contributed by atoms with Crippen LogP contribution in [0.3, 0.4) is 0 Å². The zero-order valence-corrected chi connectivity index (χ0v) is 17.1. The molecule has 3 atom stereocenters. The van der Waals surface area contributed by atoms with Gasteiger partial charge in [-0.05, 0) is 79.2 Å². The maximum Gasteiger partial charge on any atom is 0.224 e. The molecule has 2 aliphatic rings. The SMILES string of the molecule is CN(C[C@@H]1CCCN2CCCC[C@H]12)C(=O)C[C@@H](c1ccsc1)n1cccc1. The molecule has 146 valence electrons. The minimum atomic E-state index is 0.0961. The molecule has 4 nitrogen and oxygen atoms in total. The quantitative estimate of drug-likeness (QED) is 0.744. The number of thiophene rings is 1. The van der Waals surface area contributed by atoms with Crippen LogP contribution >= 0.6 is 11.3 Å². The minimum Gasteiger partial charge on any atom is -0.346 e. The van der Waals surface area contributed by atoms with E-state index in [4.69, 9.17) is 0 Å². The van der Waals surface area contributed by atoms with Crippen LogP contribution in [0.5, 0.6) is 0 Å². The van der Waals surface area contributed by atoms with E-state index < -0.39 is 0 Å². The Labute approximate surface area is 166 Å². The van der Waals surface area contributed by atoms with Crippen molar-refractivity contribution < 1.29 is 4.79 Å². The Hall–Kier alpha value is -1.59. The first-order valence-electron chi connectivity index (χ1n) is 10.3. The van der Waals surface area contributed by atoms with E-state index in [0.717, 1.165) is 6.54 Å². The summed E-state index contributed by atoms with van der Waals surface area (Å²) in [5.74, 6) is 0.895. The monoisotopic (exact) mass is 385 g/mol. The van der Waals surface area contributed by atoms with Crippen molar-refractivity contribution >= 4 is 17.2 Å². The molecule has 0 unspecified atom stereocenters. The molecule has 0 saturated carbocycles. The van der Waals surface area contributed by atoms with Gasteiger partial charge < -0.3 is 14.4 Å². The van der Waals surface area contributed by atoms with Gasteiger partial charge in [0.25, 0.3) is 0 Å². The lowest BCUT2D eigenvalue weighted by atomic mass is 9.83. The zero-order valence-electron chi connectivity index (χ0n) is 16.3. The van der Waals surface area contributed by atoms with Gasteiger partial charge >= 0.3 is 0 Å². The zero-order chi connectivity index (χ0) is 18.6. The van der Waals surface area contributed by atoms with Crippen molar-refractivity contribution in [3.05, 3.63) is 46.9 Å². The molecule has 4 rings (SSSR count). The first-order chi connectivity index (χ1) is 13.2. The maximum absolute atomic E-state index is 13.1. The fourth-order valence-corrected chi connectivity index (χ4v) is 5.69. The van der Waals surface area contributed by atoms with Crippen molar-refractivity contribution in [2.75, 3.05) is 26.7 Å². The summed E-state index contributed by atoms with van der Waals surface area (Å²) in [5, 5.41) is 4.26. The van der Waals surface area contributed by atoms with E-state index in [1.54, 1.807) is 11.3 Å². The third-order valence-electron chi connectivity index (χ3n) is 6.45. The third-order valence-corrected chi connectivity index (χ3v) is 7.15. The van der Waals surface area contributed by atoms with Gasteiger partial charge in [-0.3, -0.25) is 4.79 Å². The van der Waals surface area contributed by atoms with E-state index in [1.165, 1.54) is 50.8 Å². The average Bonchev–Trinajstić information content (AvgIpc) is 3.40. The number of hydrogen-bond acceptors (Lipinski definition) is 3. The van der Waals surface area contributed by atoms with Crippen molar-refractivity contribution in [3.63, 3.8) is 0 Å². The van der Waals surface area contributed by atoms with Gasteiger partial charge in [-0.2, -0.15) is 11.3 Å². The number of nitrogens with zero attached hydrogens (tertiary/aromatic N) is 3. The number of aromatic nitrogens is 1. The predicted molar refractivity (Wildman–Crippen MR) is 111 cm³/mol. The summed E-state index contributed by atoms with van der Waals surface area (Å²) in [7, 11) is 2.00. The number of amides is 1. The molecule has 0 aromatic carbocycles. The summed E-state index contributed by atoms with van der Waals surface area (Å²) >= 11 is 1.70. The highest BCUT2D eigenvalue weighted by molar-refractivity contribution is 7.08. The first-order valence-corrected chi connectivity index (χ1v) is 11.3. The summed E-state index contributed by atoms with van der Waals surface area (Å²) in [6.45, 7) is 3.42. The van der Waals surface area contributed by atoms with Crippen LogP contribution in [0.15, 0.2) is 41.4 Å². The summed E-state index contributed by atoms with van der Waals surface area (Å²) in [5.41, 5.74) is 1.23. The van der Waals surface area contributed by atoms with E-state index >= 15 is 0 Å². The number of carbonyl (C=O) groups is 1. The van der Waals surface area contributed by atoms with Gasteiger partial charge in [0.05, 0.1) is 12.5 Å². The standard InChI is InChI=1S/C22H31N3OS/c1-23(16-18-7-6-13-24-10-3-2-8-20(18)24)22(26)15-21(19-9-14-27-17-19)25-11-4-5-12-25/h4-5,9,11-12,14,17-18,20-21H,2-3,6-8,10,13,15-16H2,1H3/t18-,20+,21-/m0/s1. The number of rotatable bonds is 6. The second-order valence-corrected chi connectivity index (χ2v) is 8.96. The molecule has 0 aliphatic carbocycles. The molecule has 2 aromatic heterocycles. The van der Waals surface area contributed by atoms with Gasteiger partial charge in [-0.25, -0.2) is 0 Å². The van der Waals surface area contributed by atoms with Crippen LogP contribution in [0.1, 0.15) is 50.1 Å². The Morgan fingerprint density at radius 3 is 2.81 bits per heavy atom. The smallest absolute Gasteiger partial charge is 0.224 e. The Balaban J connectivity index is 1.41. The van der Waals surface area contributed by atoms with Gasteiger partial charge in [0.1, 0.15) is 0 Å². The normalized spacial score (nSPS) is 24.3. The van der Waals surface area contributed by atoms with Crippen LogP contribution in [0.4, 0.5) is 0 Å². The molecule has 0 radical (unpaired) electrons. The maximum atomic E-state index is 13.1. The molecule has 2 aliphatic heterocycles. The Kier molecular flexibility index (Phi) is 5.98. The lowest BCUT2D eigenvalue weighted by Gasteiger charge is -2.45. The molecule has 2 fully saturated rings. The number of hydrogen-bond donors (Lipinski definition) is 0. The Bertz CT molecular complexity index is 676. The average molecular weight is 386 g/mol. The largest absolute Gasteiger partial charge is 0.346 e.